The van der Waals surface area contributed by atoms with Crippen molar-refractivity contribution in [2.24, 2.45) is 11.3 Å². The van der Waals surface area contributed by atoms with E-state index >= 15 is 0 Å². The van der Waals surface area contributed by atoms with Gasteiger partial charge < -0.3 is 5.11 Å². The first-order valence-electron chi connectivity index (χ1n) is 10.3. The van der Waals surface area contributed by atoms with E-state index in [4.69, 9.17) is 0 Å². The van der Waals surface area contributed by atoms with Gasteiger partial charge in [0.25, 0.3) is 10.0 Å². The lowest BCUT2D eigenvalue weighted by molar-refractivity contribution is -0.240. The summed E-state index contributed by atoms with van der Waals surface area (Å²) in [5.74, 6) is 4.52. The van der Waals surface area contributed by atoms with Gasteiger partial charge in [-0.2, -0.15) is 13.2 Å². The molecule has 2 aromatic carbocycles. The van der Waals surface area contributed by atoms with Crippen LogP contribution in [0.25, 0.3) is 0 Å². The zero-order chi connectivity index (χ0) is 23.8. The summed E-state index contributed by atoms with van der Waals surface area (Å²) < 4.78 is 70.5. The van der Waals surface area contributed by atoms with Crippen LogP contribution < -0.4 is 4.31 Å². The summed E-state index contributed by atoms with van der Waals surface area (Å²) in [4.78, 5) is -0.0354. The number of hydrogen-bond donors (Lipinski definition) is 1. The van der Waals surface area contributed by atoms with E-state index in [9.17, 15) is 26.7 Å². The summed E-state index contributed by atoms with van der Waals surface area (Å²) in [7, 11) is -4.17. The zero-order valence-electron chi connectivity index (χ0n) is 18.1. The van der Waals surface area contributed by atoms with E-state index in [2.05, 4.69) is 5.92 Å². The van der Waals surface area contributed by atoms with E-state index in [1.807, 2.05) is 5.92 Å². The molecule has 0 amide bonds. The molecule has 1 unspecified atom stereocenters. The lowest BCUT2D eigenvalue weighted by Gasteiger charge is -2.32. The van der Waals surface area contributed by atoms with Crippen molar-refractivity contribution < 1.29 is 26.7 Å². The van der Waals surface area contributed by atoms with Crippen LogP contribution in [0.3, 0.4) is 0 Å². The third-order valence-corrected chi connectivity index (χ3v) is 6.84. The van der Waals surface area contributed by atoms with Gasteiger partial charge in [-0.05, 0) is 57.7 Å². The first-order valence-corrected chi connectivity index (χ1v) is 11.7. The molecule has 0 saturated heterocycles. The molecule has 1 fully saturated rings. The summed E-state index contributed by atoms with van der Waals surface area (Å²) in [5, 5.41) is 10.9. The Morgan fingerprint density at radius 2 is 1.53 bits per heavy atom. The molecule has 3 rings (SSSR count). The van der Waals surface area contributed by atoms with Gasteiger partial charge >= 0.3 is 6.18 Å². The Morgan fingerprint density at radius 1 is 0.969 bits per heavy atom. The molecule has 0 aliphatic heterocycles. The number of halogens is 3. The molecular weight excluding hydrogens is 439 g/mol. The third-order valence-electron chi connectivity index (χ3n) is 5.04. The average Bonchev–Trinajstić information content (AvgIpc) is 3.54. The Morgan fingerprint density at radius 3 is 2.06 bits per heavy atom. The summed E-state index contributed by atoms with van der Waals surface area (Å²) in [6.45, 7) is 4.90. The first kappa shape index (κ1) is 24.1. The molecule has 1 aliphatic carbocycles. The number of aliphatic hydroxyl groups is 1. The Bertz CT molecular complexity index is 1120. The summed E-state index contributed by atoms with van der Waals surface area (Å²) in [5.41, 5.74) is -5.18. The van der Waals surface area contributed by atoms with Gasteiger partial charge in [0.15, 0.2) is 0 Å². The van der Waals surface area contributed by atoms with E-state index in [1.165, 1.54) is 30.3 Å². The Kier molecular flexibility index (Phi) is 6.38. The zero-order valence-corrected chi connectivity index (χ0v) is 19.0. The second-order valence-corrected chi connectivity index (χ2v) is 10.9. The predicted molar refractivity (Wildman–Crippen MR) is 117 cm³/mol. The molecule has 0 spiro atoms. The molecule has 1 aliphatic rings. The number of nitrogens with zero attached hydrogens (tertiary/aromatic N) is 1. The topological polar surface area (TPSA) is 57.6 Å². The molecule has 0 radical (unpaired) electrons. The van der Waals surface area contributed by atoms with Gasteiger partial charge in [-0.15, -0.1) is 0 Å². The molecule has 2 aromatic rings. The van der Waals surface area contributed by atoms with Crippen molar-refractivity contribution in [1.29, 1.82) is 0 Å². The van der Waals surface area contributed by atoms with Crippen LogP contribution in [0.5, 0.6) is 0 Å². The number of para-hydroxylation sites is 1. The molecule has 32 heavy (non-hydrogen) atoms. The molecule has 1 saturated carbocycles. The molecule has 0 aromatic heterocycles. The minimum absolute atomic E-state index is 0.0227. The maximum atomic E-state index is 14.2. The fourth-order valence-electron chi connectivity index (χ4n) is 3.15. The maximum Gasteiger partial charge on any atom is 0.433 e. The third kappa shape index (κ3) is 5.11. The molecule has 0 heterocycles. The van der Waals surface area contributed by atoms with Crippen molar-refractivity contribution >= 4 is 15.7 Å². The van der Waals surface area contributed by atoms with Crippen LogP contribution in [-0.2, 0) is 15.6 Å². The summed E-state index contributed by atoms with van der Waals surface area (Å²) >= 11 is 0. The van der Waals surface area contributed by atoms with E-state index in [0.717, 1.165) is 23.2 Å². The second kappa shape index (κ2) is 8.45. The molecule has 0 bridgehead atoms. The number of hydrogen-bond acceptors (Lipinski definition) is 3. The quantitative estimate of drug-likeness (QED) is 0.605. The van der Waals surface area contributed by atoms with Gasteiger partial charge in [-0.25, -0.2) is 8.42 Å². The monoisotopic (exact) mass is 465 g/mol. The normalized spacial score (nSPS) is 16.6. The molecule has 1 N–H and O–H groups in total. The van der Waals surface area contributed by atoms with Crippen LogP contribution in [0.15, 0.2) is 59.5 Å². The lowest BCUT2D eigenvalue weighted by Crippen LogP contribution is -2.44. The number of anilines is 1. The number of alkyl halides is 3. The molecule has 1 atom stereocenters. The van der Waals surface area contributed by atoms with Gasteiger partial charge in [0, 0.05) is 17.5 Å². The number of benzene rings is 2. The minimum Gasteiger partial charge on any atom is -0.366 e. The minimum atomic E-state index is -5.15. The second-order valence-electron chi connectivity index (χ2n) is 9.02. The highest BCUT2D eigenvalue weighted by Crippen LogP contribution is 2.45. The van der Waals surface area contributed by atoms with Gasteiger partial charge in [0.2, 0.25) is 5.60 Å². The highest BCUT2D eigenvalue weighted by Gasteiger charge is 2.56. The summed E-state index contributed by atoms with van der Waals surface area (Å²) in [6, 6.07) is 12.7. The van der Waals surface area contributed by atoms with Crippen LogP contribution in [-0.4, -0.2) is 26.2 Å². The van der Waals surface area contributed by atoms with Crippen molar-refractivity contribution in [1.82, 2.24) is 0 Å². The van der Waals surface area contributed by atoms with Crippen molar-refractivity contribution in [3.63, 3.8) is 0 Å². The number of rotatable bonds is 6. The maximum absolute atomic E-state index is 14.2. The first-order chi connectivity index (χ1) is 14.8. The van der Waals surface area contributed by atoms with Crippen molar-refractivity contribution in [3.8, 4) is 11.8 Å². The van der Waals surface area contributed by atoms with Crippen LogP contribution in [0.1, 0.15) is 39.2 Å². The highest BCUT2D eigenvalue weighted by molar-refractivity contribution is 7.92. The van der Waals surface area contributed by atoms with Crippen molar-refractivity contribution in [2.45, 2.75) is 50.3 Å². The van der Waals surface area contributed by atoms with Gasteiger partial charge in [-0.1, -0.05) is 48.2 Å². The lowest BCUT2D eigenvalue weighted by atomic mass is 9.89. The van der Waals surface area contributed by atoms with Gasteiger partial charge in [0.05, 0.1) is 10.6 Å². The van der Waals surface area contributed by atoms with Crippen LogP contribution in [0.2, 0.25) is 0 Å². The van der Waals surface area contributed by atoms with Gasteiger partial charge in [-0.3, -0.25) is 4.31 Å². The van der Waals surface area contributed by atoms with Crippen LogP contribution in [0.4, 0.5) is 18.9 Å². The molecule has 172 valence electrons. The molecule has 8 heteroatoms. The smallest absolute Gasteiger partial charge is 0.366 e. The highest BCUT2D eigenvalue weighted by atomic mass is 32.2. The van der Waals surface area contributed by atoms with E-state index in [-0.39, 0.29) is 23.0 Å². The largest absolute Gasteiger partial charge is 0.433 e. The fourth-order valence-corrected chi connectivity index (χ4v) is 4.73. The van der Waals surface area contributed by atoms with Crippen molar-refractivity contribution in [2.75, 3.05) is 10.8 Å². The van der Waals surface area contributed by atoms with Crippen LogP contribution in [0, 0.1) is 23.2 Å². The number of sulfonamides is 1. The SMILES string of the molecule is CC(C)(C)C#CC(O)(c1ccccc1N(CC1CC1)S(=O)(=O)c1ccccc1)C(F)(F)F. The van der Waals surface area contributed by atoms with E-state index in [0.29, 0.717) is 0 Å². The summed E-state index contributed by atoms with van der Waals surface area (Å²) in [6.07, 6.45) is -3.57. The Hall–Kier alpha value is -2.50. The van der Waals surface area contributed by atoms with Crippen LogP contribution >= 0.6 is 0 Å². The van der Waals surface area contributed by atoms with E-state index in [1.54, 1.807) is 39.0 Å². The average molecular weight is 466 g/mol. The molecule has 4 nitrogen and oxygen atoms in total. The Balaban J connectivity index is 2.24. The molecular formula is C24H26F3NO3S. The fraction of sp³-hybridized carbons (Fsp3) is 0.417. The van der Waals surface area contributed by atoms with Crippen molar-refractivity contribution in [3.05, 3.63) is 60.2 Å². The standard InChI is InChI=1S/C24H26F3NO3S/c1-22(2,3)15-16-23(29,24(25,26)27)20-11-7-8-12-21(20)28(17-18-13-14-18)32(30,31)19-9-5-4-6-10-19/h4-12,18,29H,13-14,17H2,1-3H3. The Labute approximate surface area is 187 Å². The predicted octanol–water partition coefficient (Wildman–Crippen LogP) is 5.09. The van der Waals surface area contributed by atoms with E-state index < -0.39 is 32.8 Å². The van der Waals surface area contributed by atoms with Gasteiger partial charge in [0.1, 0.15) is 0 Å².